The highest BCUT2D eigenvalue weighted by Gasteiger charge is 2.28. The maximum atomic E-state index is 14.4. The van der Waals surface area contributed by atoms with Crippen LogP contribution in [-0.2, 0) is 6.42 Å². The van der Waals surface area contributed by atoms with Gasteiger partial charge in [0, 0.05) is 43.5 Å². The van der Waals surface area contributed by atoms with Crippen molar-refractivity contribution in [1.29, 1.82) is 0 Å². The summed E-state index contributed by atoms with van der Waals surface area (Å²) < 4.78 is 16.5. The van der Waals surface area contributed by atoms with E-state index < -0.39 is 5.82 Å². The number of aryl methyl sites for hydroxylation is 1. The molecule has 1 atom stereocenters. The Labute approximate surface area is 226 Å². The van der Waals surface area contributed by atoms with E-state index >= 15 is 0 Å². The van der Waals surface area contributed by atoms with Gasteiger partial charge >= 0.3 is 0 Å². The molecule has 0 aliphatic carbocycles. The summed E-state index contributed by atoms with van der Waals surface area (Å²) in [6.45, 7) is 14.5. The maximum absolute atomic E-state index is 14.4. The lowest BCUT2D eigenvalue weighted by molar-refractivity contribution is 0.0716. The lowest BCUT2D eigenvalue weighted by Gasteiger charge is -2.27. The molecular weight excluding hydrogens is 477 g/mol. The molecule has 5 rings (SSSR count). The molecule has 0 radical (unpaired) electrons. The molecule has 2 fully saturated rings. The van der Waals surface area contributed by atoms with Crippen LogP contribution in [0, 0.1) is 24.6 Å². The highest BCUT2D eigenvalue weighted by Crippen LogP contribution is 2.33. The number of benzene rings is 1. The zero-order chi connectivity index (χ0) is 26.8. The van der Waals surface area contributed by atoms with Crippen LogP contribution in [0.25, 0.3) is 16.6 Å². The van der Waals surface area contributed by atoms with Gasteiger partial charge in [-0.15, -0.1) is 0 Å². The summed E-state index contributed by atoms with van der Waals surface area (Å²) in [5.41, 5.74) is 4.48. The largest absolute Gasteiger partial charge is 0.336 e. The lowest BCUT2D eigenvalue weighted by Crippen LogP contribution is -2.37. The zero-order valence-electron chi connectivity index (χ0n) is 23.3. The van der Waals surface area contributed by atoms with Gasteiger partial charge in [0.1, 0.15) is 5.82 Å². The molecule has 2 saturated heterocycles. The first-order valence-electron chi connectivity index (χ1n) is 14.3. The number of amides is 1. The number of halogens is 1. The quantitative estimate of drug-likeness (QED) is 0.444. The Kier molecular flexibility index (Phi) is 8.15. The Morgan fingerprint density at radius 1 is 1.18 bits per heavy atom. The minimum atomic E-state index is -0.400. The molecule has 38 heavy (non-hydrogen) atoms. The van der Waals surface area contributed by atoms with E-state index in [9.17, 15) is 9.18 Å². The van der Waals surface area contributed by atoms with E-state index in [1.807, 2.05) is 33.2 Å². The van der Waals surface area contributed by atoms with Crippen LogP contribution >= 0.6 is 0 Å². The number of carbonyl (C=O) groups excluding carboxylic acids is 1. The third-order valence-corrected chi connectivity index (χ3v) is 8.51. The summed E-state index contributed by atoms with van der Waals surface area (Å²) in [7, 11) is 0. The molecule has 2 aromatic heterocycles. The van der Waals surface area contributed by atoms with Crippen LogP contribution in [0.1, 0.15) is 61.5 Å². The predicted octanol–water partition coefficient (Wildman–Crippen LogP) is 5.21. The number of nitrogens with one attached hydrogen (secondary N) is 1. The van der Waals surface area contributed by atoms with Gasteiger partial charge in [-0.1, -0.05) is 0 Å². The first-order valence-corrected chi connectivity index (χ1v) is 14.3. The molecule has 0 bridgehead atoms. The average molecular weight is 520 g/mol. The summed E-state index contributed by atoms with van der Waals surface area (Å²) in [4.78, 5) is 22.5. The highest BCUT2D eigenvalue weighted by atomic mass is 19.1. The van der Waals surface area contributed by atoms with Crippen LogP contribution < -0.4 is 5.32 Å². The molecule has 2 aliphatic rings. The number of fused-ring (bicyclic) bond motifs is 1. The van der Waals surface area contributed by atoms with Crippen molar-refractivity contribution in [3.63, 3.8) is 0 Å². The first kappa shape index (κ1) is 26.8. The molecular formula is C31H42FN5O. The van der Waals surface area contributed by atoms with Crippen LogP contribution in [0.4, 0.5) is 4.39 Å². The van der Waals surface area contributed by atoms with E-state index in [4.69, 9.17) is 0 Å². The Morgan fingerprint density at radius 3 is 2.71 bits per heavy atom. The van der Waals surface area contributed by atoms with Crippen molar-refractivity contribution in [3.8, 4) is 5.69 Å². The fraction of sp³-hybridized carbons (Fsp3) is 0.548. The van der Waals surface area contributed by atoms with Crippen LogP contribution in [0.2, 0.25) is 0 Å². The molecule has 1 amide bonds. The monoisotopic (exact) mass is 519 g/mol. The van der Waals surface area contributed by atoms with Crippen LogP contribution in [0.5, 0.6) is 0 Å². The molecule has 0 spiro atoms. The molecule has 204 valence electrons. The van der Waals surface area contributed by atoms with Gasteiger partial charge in [-0.05, 0) is 114 Å². The van der Waals surface area contributed by atoms with Gasteiger partial charge in [-0.25, -0.2) is 4.39 Å². The van der Waals surface area contributed by atoms with E-state index in [0.717, 1.165) is 43.1 Å². The van der Waals surface area contributed by atoms with E-state index in [0.29, 0.717) is 23.7 Å². The number of nitrogens with zero attached hydrogens (tertiary/aromatic N) is 4. The van der Waals surface area contributed by atoms with E-state index in [2.05, 4.69) is 32.9 Å². The smallest absolute Gasteiger partial charge is 0.256 e. The number of carbonyl (C=O) groups is 1. The number of pyridine rings is 1. The standard InChI is InChI=1S/C31H42FN5O/c1-5-36(21(2)3)31(38)27-15-26(32)6-7-28(27)37-20-25(30-22(4)16-34-17-29(30)37)14-24-10-13-35(19-24)18-23-8-11-33-12-9-23/h6-7,15-17,20-21,23-24,33H,5,8-14,18-19H2,1-4H3/t24-/m0/s1. The second-order valence-electron chi connectivity index (χ2n) is 11.5. The molecule has 7 heteroatoms. The average Bonchev–Trinajstić information content (AvgIpc) is 3.50. The van der Waals surface area contributed by atoms with Crippen LogP contribution in [-0.4, -0.2) is 70.6 Å². The third kappa shape index (κ3) is 5.50. The highest BCUT2D eigenvalue weighted by molar-refractivity contribution is 5.99. The minimum absolute atomic E-state index is 0.0275. The summed E-state index contributed by atoms with van der Waals surface area (Å²) in [6.07, 6.45) is 10.7. The van der Waals surface area contributed by atoms with Gasteiger partial charge in [-0.2, -0.15) is 0 Å². The van der Waals surface area contributed by atoms with Crippen molar-refractivity contribution >= 4 is 16.8 Å². The molecule has 2 aliphatic heterocycles. The number of rotatable bonds is 8. The number of hydrogen-bond donors (Lipinski definition) is 1. The second kappa shape index (κ2) is 11.5. The van der Waals surface area contributed by atoms with Gasteiger partial charge in [0.05, 0.1) is 23.0 Å². The molecule has 1 aromatic carbocycles. The summed E-state index contributed by atoms with van der Waals surface area (Å²) in [6, 6.07) is 4.59. The molecule has 6 nitrogen and oxygen atoms in total. The van der Waals surface area contributed by atoms with Gasteiger partial charge in [0.2, 0.25) is 0 Å². The van der Waals surface area contributed by atoms with E-state index in [-0.39, 0.29) is 11.9 Å². The third-order valence-electron chi connectivity index (χ3n) is 8.51. The molecule has 0 unspecified atom stereocenters. The molecule has 1 N–H and O–H groups in total. The fourth-order valence-corrected chi connectivity index (χ4v) is 6.57. The van der Waals surface area contributed by atoms with Gasteiger partial charge in [0.15, 0.2) is 0 Å². The SMILES string of the molecule is CCN(C(=O)c1cc(F)ccc1-n1cc(C[C@@H]2CCN(CC3CCNCC3)C2)c2c(C)cncc21)C(C)C. The first-order chi connectivity index (χ1) is 18.4. The summed E-state index contributed by atoms with van der Waals surface area (Å²) in [5, 5.41) is 4.68. The Balaban J connectivity index is 1.46. The predicted molar refractivity (Wildman–Crippen MR) is 151 cm³/mol. The summed E-state index contributed by atoms with van der Waals surface area (Å²) in [5.74, 6) is 0.871. The van der Waals surface area contributed by atoms with Crippen molar-refractivity contribution in [2.45, 2.75) is 59.4 Å². The zero-order valence-corrected chi connectivity index (χ0v) is 23.3. The van der Waals surface area contributed by atoms with Crippen molar-refractivity contribution < 1.29 is 9.18 Å². The number of likely N-dealkylation sites (tertiary alicyclic amines) is 1. The Bertz CT molecular complexity index is 1280. The Hall–Kier alpha value is -2.77. The number of piperidine rings is 1. The van der Waals surface area contributed by atoms with Gasteiger partial charge < -0.3 is 19.7 Å². The molecule has 4 heterocycles. The molecule has 0 saturated carbocycles. The van der Waals surface area contributed by atoms with Crippen LogP contribution in [0.15, 0.2) is 36.8 Å². The number of hydrogen-bond acceptors (Lipinski definition) is 4. The molecule has 3 aromatic rings. The van der Waals surface area contributed by atoms with E-state index in [1.165, 1.54) is 55.4 Å². The van der Waals surface area contributed by atoms with E-state index in [1.54, 1.807) is 11.0 Å². The van der Waals surface area contributed by atoms with Gasteiger partial charge in [0.25, 0.3) is 5.91 Å². The topological polar surface area (TPSA) is 53.4 Å². The van der Waals surface area contributed by atoms with Gasteiger partial charge in [-0.3, -0.25) is 9.78 Å². The second-order valence-corrected chi connectivity index (χ2v) is 11.5. The fourth-order valence-electron chi connectivity index (χ4n) is 6.57. The summed E-state index contributed by atoms with van der Waals surface area (Å²) >= 11 is 0. The minimum Gasteiger partial charge on any atom is -0.336 e. The number of aromatic nitrogens is 2. The maximum Gasteiger partial charge on any atom is 0.256 e. The van der Waals surface area contributed by atoms with Crippen LogP contribution in [0.3, 0.4) is 0 Å². The van der Waals surface area contributed by atoms with Crippen molar-refractivity contribution in [2.75, 3.05) is 39.3 Å². The Morgan fingerprint density at radius 2 is 1.97 bits per heavy atom. The van der Waals surface area contributed by atoms with Crippen molar-refractivity contribution in [3.05, 3.63) is 59.3 Å². The lowest BCUT2D eigenvalue weighted by atomic mass is 9.96. The van der Waals surface area contributed by atoms with Crippen molar-refractivity contribution in [2.24, 2.45) is 11.8 Å². The normalized spacial score (nSPS) is 19.1. The van der Waals surface area contributed by atoms with Crippen molar-refractivity contribution in [1.82, 2.24) is 24.7 Å².